The first-order valence-corrected chi connectivity index (χ1v) is 14.5. The molecule has 2 aromatic carbocycles. The SMILES string of the molecule is ClC1C(Cl)C(Cl)C(Cl)C(Cl)C1Cl.O=P([O-])(O)F.c1ccc([I+]c2ccccc2)cc1. The van der Waals surface area contributed by atoms with Crippen LogP contribution in [0.25, 0.3) is 0 Å². The third-order valence-electron chi connectivity index (χ3n) is 3.51. The van der Waals surface area contributed by atoms with Crippen molar-refractivity contribution in [3.63, 3.8) is 0 Å². The van der Waals surface area contributed by atoms with Gasteiger partial charge in [0.1, 0.15) is 0 Å². The Morgan fingerprint density at radius 1 is 0.700 bits per heavy atom. The van der Waals surface area contributed by atoms with Gasteiger partial charge >= 0.3 is 29.1 Å². The van der Waals surface area contributed by atoms with Crippen molar-refractivity contribution in [2.45, 2.75) is 32.3 Å². The van der Waals surface area contributed by atoms with Gasteiger partial charge in [-0.25, -0.2) is 0 Å². The summed E-state index contributed by atoms with van der Waals surface area (Å²) in [5.74, 6) is 0. The minimum absolute atomic E-state index is 0.0287. The van der Waals surface area contributed by atoms with Crippen molar-refractivity contribution in [1.82, 2.24) is 0 Å². The summed E-state index contributed by atoms with van der Waals surface area (Å²) in [5, 5.41) is -2.62. The molecule has 0 saturated heterocycles. The van der Waals surface area contributed by atoms with Crippen LogP contribution in [-0.4, -0.2) is 37.2 Å². The molecular formula is C18H17Cl6FIO3P. The largest absolute Gasteiger partial charge is 0.753 e. The minimum Gasteiger partial charge on any atom is -0.753 e. The molecule has 1 unspecified atom stereocenters. The highest BCUT2D eigenvalue weighted by atomic mass is 127. The number of halogens is 8. The Hall–Kier alpha value is 0.990. The molecule has 3 rings (SSSR count). The lowest BCUT2D eigenvalue weighted by atomic mass is 9.97. The number of hydrogen-bond acceptors (Lipinski definition) is 2. The van der Waals surface area contributed by atoms with Crippen LogP contribution in [0.15, 0.2) is 60.7 Å². The van der Waals surface area contributed by atoms with Crippen LogP contribution in [0.4, 0.5) is 4.20 Å². The van der Waals surface area contributed by atoms with Crippen molar-refractivity contribution < 1.29 is 39.8 Å². The molecule has 0 bridgehead atoms. The molecule has 0 aliphatic heterocycles. The third-order valence-corrected chi connectivity index (χ3v) is 10.2. The zero-order chi connectivity index (χ0) is 22.9. The smallest absolute Gasteiger partial charge is 0.357 e. The molecule has 1 aliphatic rings. The van der Waals surface area contributed by atoms with E-state index in [0.29, 0.717) is 0 Å². The average Bonchev–Trinajstić information content (AvgIpc) is 2.70. The summed E-state index contributed by atoms with van der Waals surface area (Å²) in [6, 6.07) is 21.4. The molecule has 0 radical (unpaired) electrons. The fourth-order valence-electron chi connectivity index (χ4n) is 2.14. The van der Waals surface area contributed by atoms with Crippen molar-refractivity contribution in [3.05, 3.63) is 67.8 Å². The van der Waals surface area contributed by atoms with Crippen LogP contribution in [0.5, 0.6) is 0 Å². The van der Waals surface area contributed by atoms with Crippen molar-refractivity contribution >= 4 is 77.5 Å². The van der Waals surface area contributed by atoms with E-state index in [1.807, 2.05) is 0 Å². The molecule has 30 heavy (non-hydrogen) atoms. The maximum absolute atomic E-state index is 10.2. The number of rotatable bonds is 2. The van der Waals surface area contributed by atoms with Crippen LogP contribution in [0.1, 0.15) is 0 Å². The van der Waals surface area contributed by atoms with E-state index in [0.717, 1.165) is 0 Å². The van der Waals surface area contributed by atoms with E-state index in [2.05, 4.69) is 60.7 Å². The van der Waals surface area contributed by atoms with Crippen LogP contribution in [0, 0.1) is 7.14 Å². The molecular weight excluding hydrogens is 654 g/mol. The van der Waals surface area contributed by atoms with Gasteiger partial charge < -0.3 is 9.79 Å². The van der Waals surface area contributed by atoms with Gasteiger partial charge in [-0.15, -0.1) is 69.6 Å². The Morgan fingerprint density at radius 2 is 0.900 bits per heavy atom. The van der Waals surface area contributed by atoms with E-state index in [-0.39, 0.29) is 21.2 Å². The first kappa shape index (κ1) is 29.0. The van der Waals surface area contributed by atoms with Gasteiger partial charge in [-0.2, -0.15) is 4.20 Å². The van der Waals surface area contributed by atoms with Crippen LogP contribution in [0.2, 0.25) is 0 Å². The van der Waals surface area contributed by atoms with Gasteiger partial charge in [0.25, 0.3) is 0 Å². The Kier molecular flexibility index (Phi) is 13.8. The fourth-order valence-corrected chi connectivity index (χ4v) is 6.73. The lowest BCUT2D eigenvalue weighted by Gasteiger charge is -2.37. The molecule has 2 aromatic rings. The maximum atomic E-state index is 10.2. The Bertz CT molecular complexity index is 684. The van der Waals surface area contributed by atoms with Gasteiger partial charge in [-0.05, 0) is 24.3 Å². The minimum atomic E-state index is -5.39. The van der Waals surface area contributed by atoms with Crippen molar-refractivity contribution in [3.8, 4) is 0 Å². The maximum Gasteiger partial charge on any atom is 0.357 e. The summed E-state index contributed by atoms with van der Waals surface area (Å²) in [6.07, 6.45) is 0. The monoisotopic (exact) mass is 668 g/mol. The molecule has 0 spiro atoms. The zero-order valence-corrected chi connectivity index (χ0v) is 22.6. The van der Waals surface area contributed by atoms with Gasteiger partial charge in [0.05, 0.1) is 32.3 Å². The molecule has 168 valence electrons. The van der Waals surface area contributed by atoms with E-state index in [1.165, 1.54) is 7.14 Å². The second kappa shape index (κ2) is 14.3. The van der Waals surface area contributed by atoms with Crippen LogP contribution >= 0.6 is 77.5 Å². The van der Waals surface area contributed by atoms with Crippen LogP contribution in [0.3, 0.4) is 0 Å². The fraction of sp³-hybridized carbons (Fsp3) is 0.333. The molecule has 1 atom stereocenters. The molecule has 1 aliphatic carbocycles. The molecule has 12 heteroatoms. The summed E-state index contributed by atoms with van der Waals surface area (Å²) in [7, 11) is -5.39. The molecule has 1 N–H and O–H groups in total. The zero-order valence-electron chi connectivity index (χ0n) is 15.0. The highest BCUT2D eigenvalue weighted by Gasteiger charge is 2.46. The van der Waals surface area contributed by atoms with Crippen molar-refractivity contribution in [1.29, 1.82) is 0 Å². The van der Waals surface area contributed by atoms with Crippen LogP contribution < -0.4 is 26.1 Å². The van der Waals surface area contributed by atoms with Crippen molar-refractivity contribution in [2.75, 3.05) is 0 Å². The summed E-state index contributed by atoms with van der Waals surface area (Å²) in [5.41, 5.74) is 0. The summed E-state index contributed by atoms with van der Waals surface area (Å²) < 4.78 is 21.8. The van der Waals surface area contributed by atoms with Crippen molar-refractivity contribution in [2.24, 2.45) is 0 Å². The quantitative estimate of drug-likeness (QED) is 0.304. The second-order valence-corrected chi connectivity index (χ2v) is 12.8. The first-order valence-electron chi connectivity index (χ1n) is 8.24. The van der Waals surface area contributed by atoms with E-state index in [1.54, 1.807) is 0 Å². The molecule has 1 saturated carbocycles. The molecule has 1 fully saturated rings. The predicted molar refractivity (Wildman–Crippen MR) is 119 cm³/mol. The number of benzene rings is 2. The van der Waals surface area contributed by atoms with E-state index >= 15 is 0 Å². The summed E-state index contributed by atoms with van der Waals surface area (Å²) >= 11 is 35.3. The van der Waals surface area contributed by atoms with Gasteiger partial charge in [-0.3, -0.25) is 4.57 Å². The second-order valence-electron chi connectivity index (χ2n) is 5.80. The summed E-state index contributed by atoms with van der Waals surface area (Å²) in [6.45, 7) is 0. The Balaban J connectivity index is 0.000000248. The molecule has 0 aromatic heterocycles. The molecule has 3 nitrogen and oxygen atoms in total. The highest BCUT2D eigenvalue weighted by Crippen LogP contribution is 2.39. The Labute approximate surface area is 215 Å². The van der Waals surface area contributed by atoms with E-state index in [4.69, 9.17) is 84.0 Å². The third kappa shape index (κ3) is 11.2. The lowest BCUT2D eigenvalue weighted by Crippen LogP contribution is -3.61. The van der Waals surface area contributed by atoms with Gasteiger partial charge in [0, 0.05) is 0 Å². The van der Waals surface area contributed by atoms with Gasteiger partial charge in [0.2, 0.25) is 0 Å². The normalized spacial score (nSPS) is 30.0. The van der Waals surface area contributed by atoms with E-state index < -0.39 is 40.2 Å². The molecule has 0 heterocycles. The Morgan fingerprint density at radius 3 is 1.10 bits per heavy atom. The topological polar surface area (TPSA) is 60.4 Å². The highest BCUT2D eigenvalue weighted by molar-refractivity contribution is 7.44. The van der Waals surface area contributed by atoms with E-state index in [9.17, 15) is 4.20 Å². The summed E-state index contributed by atoms with van der Waals surface area (Å²) in [4.78, 5) is 15.4. The standard InChI is InChI=1S/C12H10I.C6H6Cl6.FH2O3P/c1-3-7-11(8-4-1)13-12-9-5-2-6-10-12;7-1-2(8)4(10)6(12)5(11)3(1)9;1-5(2,3)4/h1-10H;1-6H;(H2,2,3,4)/q+1;;/p-1. The molecule has 0 amide bonds. The van der Waals surface area contributed by atoms with Gasteiger partial charge in [0.15, 0.2) is 7.14 Å². The first-order chi connectivity index (χ1) is 13.9. The predicted octanol–water partition coefficient (Wildman–Crippen LogP) is 2.88. The number of alkyl halides is 6. The van der Waals surface area contributed by atoms with Crippen LogP contribution in [-0.2, 0) is 4.57 Å². The van der Waals surface area contributed by atoms with Gasteiger partial charge in [-0.1, -0.05) is 36.4 Å². The lowest BCUT2D eigenvalue weighted by molar-refractivity contribution is -0.597. The average molecular weight is 671 g/mol. The number of hydrogen-bond donors (Lipinski definition) is 1.